The minimum atomic E-state index is -2.62. The van der Waals surface area contributed by atoms with Crippen molar-refractivity contribution in [3.63, 3.8) is 0 Å². The summed E-state index contributed by atoms with van der Waals surface area (Å²) in [7, 11) is -2.62. The zero-order valence-electron chi connectivity index (χ0n) is 18.9. The first-order valence-electron chi connectivity index (χ1n) is 11.1. The fourth-order valence-corrected chi connectivity index (χ4v) is 11.4. The molecule has 1 heterocycles. The van der Waals surface area contributed by atoms with Crippen molar-refractivity contribution in [2.24, 2.45) is 0 Å². The van der Waals surface area contributed by atoms with Gasteiger partial charge in [-0.1, -0.05) is 0 Å². The molecular formula is C27H30O3SeSi. The Morgan fingerprint density at radius 1 is 0.875 bits per heavy atom. The summed E-state index contributed by atoms with van der Waals surface area (Å²) in [6, 6.07) is 31.4. The molecule has 2 atom stereocenters. The molecule has 1 aliphatic rings. The molecular weight excluding hydrogens is 479 g/mol. The second kappa shape index (κ2) is 9.76. The predicted octanol–water partition coefficient (Wildman–Crippen LogP) is 3.70. The predicted molar refractivity (Wildman–Crippen MR) is 134 cm³/mol. The van der Waals surface area contributed by atoms with E-state index in [-0.39, 0.29) is 36.9 Å². The summed E-state index contributed by atoms with van der Waals surface area (Å²) < 4.78 is 14.0. The first kappa shape index (κ1) is 23.0. The molecule has 3 aromatic rings. The maximum atomic E-state index is 12.6. The zero-order valence-corrected chi connectivity index (χ0v) is 21.6. The number of carbonyl (C=O) groups is 1. The number of carbonyl (C=O) groups excluding carboxylic acids is 1. The molecule has 3 nitrogen and oxygen atoms in total. The number of hydrogen-bond donors (Lipinski definition) is 0. The van der Waals surface area contributed by atoms with Crippen LogP contribution in [-0.4, -0.2) is 42.0 Å². The van der Waals surface area contributed by atoms with Crippen LogP contribution in [0.2, 0.25) is 9.85 Å². The summed E-state index contributed by atoms with van der Waals surface area (Å²) in [6.45, 7) is 7.23. The van der Waals surface area contributed by atoms with Gasteiger partial charge in [0.15, 0.2) is 0 Å². The topological polar surface area (TPSA) is 35.5 Å². The van der Waals surface area contributed by atoms with E-state index in [0.717, 1.165) is 6.42 Å². The van der Waals surface area contributed by atoms with E-state index < -0.39 is 8.32 Å². The third kappa shape index (κ3) is 4.77. The van der Waals surface area contributed by atoms with Crippen molar-refractivity contribution in [2.75, 3.05) is 6.61 Å². The normalized spacial score (nSPS) is 19.0. The van der Waals surface area contributed by atoms with Crippen molar-refractivity contribution in [2.45, 2.75) is 43.2 Å². The third-order valence-corrected chi connectivity index (χ3v) is 13.5. The quantitative estimate of drug-likeness (QED) is 0.360. The Balaban J connectivity index is 1.58. The Morgan fingerprint density at radius 3 is 1.88 bits per heavy atom. The van der Waals surface area contributed by atoms with E-state index in [1.165, 1.54) is 14.8 Å². The molecule has 0 unspecified atom stereocenters. The van der Waals surface area contributed by atoms with Gasteiger partial charge in [0, 0.05) is 0 Å². The van der Waals surface area contributed by atoms with Crippen LogP contribution in [0.5, 0.6) is 0 Å². The van der Waals surface area contributed by atoms with Gasteiger partial charge in [-0.15, -0.1) is 0 Å². The Morgan fingerprint density at radius 2 is 1.38 bits per heavy atom. The molecule has 0 bridgehead atoms. The van der Waals surface area contributed by atoms with Gasteiger partial charge in [0.1, 0.15) is 0 Å². The van der Waals surface area contributed by atoms with E-state index in [1.807, 2.05) is 30.3 Å². The van der Waals surface area contributed by atoms with E-state index in [0.29, 0.717) is 6.61 Å². The van der Waals surface area contributed by atoms with Crippen molar-refractivity contribution in [3.8, 4) is 0 Å². The standard InChI is InChI=1S/C27H30O3SeSi/c1-27(2,3)32(23-15-9-5-10-16-23,24-17-11-6-12-18-24)29-20-21-19-25(26(28)30-21)31-22-13-7-4-8-14-22/h4-18,21,25H,19-20H2,1-3H3/t21-,25-/m1/s1. The molecule has 0 spiro atoms. The van der Waals surface area contributed by atoms with E-state index >= 15 is 0 Å². The van der Waals surface area contributed by atoms with Gasteiger partial charge in [0.25, 0.3) is 0 Å². The van der Waals surface area contributed by atoms with Gasteiger partial charge in [0.2, 0.25) is 0 Å². The van der Waals surface area contributed by atoms with Crippen LogP contribution in [-0.2, 0) is 14.0 Å². The first-order valence-corrected chi connectivity index (χ1v) is 14.8. The number of cyclic esters (lactones) is 1. The van der Waals surface area contributed by atoms with Gasteiger partial charge >= 0.3 is 199 Å². The third-order valence-electron chi connectivity index (χ3n) is 5.95. The molecule has 0 amide bonds. The fraction of sp³-hybridized carbons (Fsp3) is 0.296. The van der Waals surface area contributed by atoms with E-state index in [2.05, 4.69) is 81.4 Å². The number of hydrogen-bond acceptors (Lipinski definition) is 3. The second-order valence-electron chi connectivity index (χ2n) is 9.19. The summed E-state index contributed by atoms with van der Waals surface area (Å²) in [5, 5.41) is 2.40. The van der Waals surface area contributed by atoms with Gasteiger partial charge in [-0.2, -0.15) is 0 Å². The summed E-state index contributed by atoms with van der Waals surface area (Å²) in [5.74, 6) is -0.0788. The van der Waals surface area contributed by atoms with Crippen LogP contribution in [0.3, 0.4) is 0 Å². The van der Waals surface area contributed by atoms with Crippen molar-refractivity contribution >= 4 is 44.1 Å². The average molecular weight is 510 g/mol. The first-order chi connectivity index (χ1) is 15.4. The minimum absolute atomic E-state index is 0.0438. The summed E-state index contributed by atoms with van der Waals surface area (Å²) in [5.41, 5.74) is 0. The SMILES string of the molecule is CC(C)(C)[Si](OC[C@H]1C[C@@H]([Se]c2ccccc2)C(=O)O1)(c1ccccc1)c1ccccc1. The second-order valence-corrected chi connectivity index (χ2v) is 16.2. The van der Waals surface area contributed by atoms with Crippen molar-refractivity contribution in [1.29, 1.82) is 0 Å². The van der Waals surface area contributed by atoms with E-state index in [4.69, 9.17) is 9.16 Å². The Kier molecular flexibility index (Phi) is 7.01. The molecule has 4 rings (SSSR count). The Hall–Kier alpha value is -2.17. The molecule has 32 heavy (non-hydrogen) atoms. The van der Waals surface area contributed by atoms with Crippen molar-refractivity contribution in [1.82, 2.24) is 0 Å². The van der Waals surface area contributed by atoms with Crippen molar-refractivity contribution < 1.29 is 14.0 Å². The number of rotatable bonds is 7. The van der Waals surface area contributed by atoms with Gasteiger partial charge in [0.05, 0.1) is 0 Å². The van der Waals surface area contributed by atoms with Crippen LogP contribution in [0.15, 0.2) is 91.0 Å². The van der Waals surface area contributed by atoms with Crippen LogP contribution < -0.4 is 14.8 Å². The van der Waals surface area contributed by atoms with Crippen LogP contribution in [0.25, 0.3) is 0 Å². The average Bonchev–Trinajstić information content (AvgIpc) is 3.14. The fourth-order valence-electron chi connectivity index (χ4n) is 4.46. The molecule has 5 heteroatoms. The Bertz CT molecular complexity index is 980. The summed E-state index contributed by atoms with van der Waals surface area (Å²) >= 11 is 0.0739. The van der Waals surface area contributed by atoms with Gasteiger partial charge in [-0.25, -0.2) is 0 Å². The van der Waals surface area contributed by atoms with Gasteiger partial charge in [-0.3, -0.25) is 0 Å². The molecule has 1 fully saturated rings. The van der Waals surface area contributed by atoms with Crippen LogP contribution in [0.4, 0.5) is 0 Å². The molecule has 0 saturated carbocycles. The van der Waals surface area contributed by atoms with E-state index in [9.17, 15) is 4.79 Å². The Labute approximate surface area is 198 Å². The number of esters is 1. The molecule has 0 N–H and O–H groups in total. The van der Waals surface area contributed by atoms with Gasteiger partial charge < -0.3 is 0 Å². The summed E-state index contributed by atoms with van der Waals surface area (Å²) in [6.07, 6.45) is 0.533. The van der Waals surface area contributed by atoms with Crippen LogP contribution >= 0.6 is 0 Å². The van der Waals surface area contributed by atoms with Gasteiger partial charge in [-0.05, 0) is 0 Å². The monoisotopic (exact) mass is 510 g/mol. The molecule has 0 aliphatic carbocycles. The number of ether oxygens (including phenoxy) is 1. The maximum absolute atomic E-state index is 12.6. The zero-order chi connectivity index (χ0) is 22.6. The molecule has 0 aromatic heterocycles. The van der Waals surface area contributed by atoms with Crippen molar-refractivity contribution in [3.05, 3.63) is 91.0 Å². The van der Waals surface area contributed by atoms with Crippen LogP contribution in [0.1, 0.15) is 27.2 Å². The van der Waals surface area contributed by atoms with Crippen LogP contribution in [0, 0.1) is 0 Å². The van der Waals surface area contributed by atoms with E-state index in [1.54, 1.807) is 0 Å². The number of benzene rings is 3. The molecule has 3 aromatic carbocycles. The summed E-state index contributed by atoms with van der Waals surface area (Å²) in [4.78, 5) is 12.6. The molecule has 0 radical (unpaired) electrons. The molecule has 1 saturated heterocycles. The molecule has 1 aliphatic heterocycles. The molecule has 166 valence electrons.